The summed E-state index contributed by atoms with van der Waals surface area (Å²) >= 11 is 0. The average Bonchev–Trinajstić information content (AvgIpc) is 2.87. The lowest BCUT2D eigenvalue weighted by atomic mass is 10.3. The predicted molar refractivity (Wildman–Crippen MR) is 88.7 cm³/mol. The molecule has 22 heavy (non-hydrogen) atoms. The van der Waals surface area contributed by atoms with E-state index < -0.39 is 10.0 Å². The van der Waals surface area contributed by atoms with Gasteiger partial charge < -0.3 is 4.57 Å². The molecule has 0 atom stereocenters. The summed E-state index contributed by atoms with van der Waals surface area (Å²) in [5.74, 6) is 1.09. The number of sulfonamides is 1. The molecule has 0 radical (unpaired) electrons. The summed E-state index contributed by atoms with van der Waals surface area (Å²) in [5, 5.41) is 0. The average molecular weight is 321 g/mol. The second-order valence-corrected chi connectivity index (χ2v) is 7.23. The van der Waals surface area contributed by atoms with Crippen LogP contribution in [0, 0.1) is 6.92 Å². The van der Waals surface area contributed by atoms with Gasteiger partial charge in [-0.15, -0.1) is 0 Å². The lowest BCUT2D eigenvalue weighted by molar-refractivity contribution is 0.578. The minimum Gasteiger partial charge on any atom is -0.304 e. The molecule has 0 aliphatic carbocycles. The Morgan fingerprint density at radius 1 is 1.23 bits per heavy atom. The van der Waals surface area contributed by atoms with Crippen LogP contribution in [0.5, 0.6) is 0 Å². The van der Waals surface area contributed by atoms with E-state index in [0.29, 0.717) is 19.4 Å². The third-order valence-electron chi connectivity index (χ3n) is 3.44. The number of hydrogen-bond donors (Lipinski definition) is 1. The van der Waals surface area contributed by atoms with Crippen LogP contribution < -0.4 is 4.72 Å². The summed E-state index contributed by atoms with van der Waals surface area (Å²) in [6, 6.07) is 9.98. The first-order chi connectivity index (χ1) is 10.5. The predicted octanol–water partition coefficient (Wildman–Crippen LogP) is 2.44. The zero-order valence-corrected chi connectivity index (χ0v) is 13.9. The van der Waals surface area contributed by atoms with E-state index in [9.17, 15) is 8.42 Å². The van der Waals surface area contributed by atoms with Gasteiger partial charge in [-0.3, -0.25) is 0 Å². The molecule has 1 aromatic carbocycles. The molecule has 0 fully saturated rings. The van der Waals surface area contributed by atoms with Crippen molar-refractivity contribution in [1.82, 2.24) is 14.3 Å². The van der Waals surface area contributed by atoms with E-state index in [1.165, 1.54) is 0 Å². The summed E-state index contributed by atoms with van der Waals surface area (Å²) in [4.78, 5) is 4.50. The van der Waals surface area contributed by atoms with E-state index in [0.717, 1.165) is 23.6 Å². The molecule has 1 heterocycles. The minimum absolute atomic E-state index is 0.195. The normalized spacial score (nSPS) is 11.7. The Labute approximate surface area is 132 Å². The number of hydrogen-bond acceptors (Lipinski definition) is 3. The quantitative estimate of drug-likeness (QED) is 0.812. The van der Waals surface area contributed by atoms with Crippen LogP contribution in [0.15, 0.2) is 36.5 Å². The van der Waals surface area contributed by atoms with Gasteiger partial charge in [-0.1, -0.05) is 31.5 Å². The Balaban J connectivity index is 1.95. The lowest BCUT2D eigenvalue weighted by Gasteiger charge is -2.04. The fraction of sp³-hybridized carbons (Fsp3) is 0.438. The van der Waals surface area contributed by atoms with Crippen molar-refractivity contribution in [1.29, 1.82) is 0 Å². The monoisotopic (exact) mass is 321 g/mol. The SMILES string of the molecule is CCCCS(=O)(=O)NCCc1cn(-c2ccccc2)c(C)n1. The van der Waals surface area contributed by atoms with Crippen molar-refractivity contribution in [2.24, 2.45) is 0 Å². The van der Waals surface area contributed by atoms with Crippen LogP contribution in [0.2, 0.25) is 0 Å². The molecule has 0 saturated carbocycles. The molecule has 1 aromatic heterocycles. The van der Waals surface area contributed by atoms with Gasteiger partial charge in [-0.05, 0) is 25.5 Å². The molecule has 5 nitrogen and oxygen atoms in total. The number of rotatable bonds is 8. The number of imidazole rings is 1. The topological polar surface area (TPSA) is 64.0 Å². The van der Waals surface area contributed by atoms with Crippen molar-refractivity contribution in [2.75, 3.05) is 12.3 Å². The van der Waals surface area contributed by atoms with Crippen LogP contribution in [0.1, 0.15) is 31.3 Å². The number of benzene rings is 1. The van der Waals surface area contributed by atoms with Crippen LogP contribution in [-0.2, 0) is 16.4 Å². The van der Waals surface area contributed by atoms with E-state index in [-0.39, 0.29) is 5.75 Å². The highest BCUT2D eigenvalue weighted by molar-refractivity contribution is 7.89. The molecule has 0 spiro atoms. The Morgan fingerprint density at radius 3 is 2.64 bits per heavy atom. The highest BCUT2D eigenvalue weighted by Crippen LogP contribution is 2.12. The smallest absolute Gasteiger partial charge is 0.211 e. The van der Waals surface area contributed by atoms with Crippen molar-refractivity contribution in [2.45, 2.75) is 33.1 Å². The Morgan fingerprint density at radius 2 is 1.95 bits per heavy atom. The van der Waals surface area contributed by atoms with Gasteiger partial charge in [0.2, 0.25) is 10.0 Å². The first kappa shape index (κ1) is 16.7. The molecule has 2 aromatic rings. The highest BCUT2D eigenvalue weighted by Gasteiger charge is 2.10. The molecule has 0 aliphatic rings. The minimum atomic E-state index is -3.15. The summed E-state index contributed by atoms with van der Waals surface area (Å²) in [5.41, 5.74) is 1.95. The Bertz CT molecular complexity index is 693. The van der Waals surface area contributed by atoms with E-state index >= 15 is 0 Å². The first-order valence-corrected chi connectivity index (χ1v) is 9.24. The van der Waals surface area contributed by atoms with Crippen LogP contribution in [0.4, 0.5) is 0 Å². The molecule has 2 rings (SSSR count). The van der Waals surface area contributed by atoms with Crippen molar-refractivity contribution in [3.8, 4) is 5.69 Å². The van der Waals surface area contributed by atoms with E-state index in [1.807, 2.05) is 54.9 Å². The van der Waals surface area contributed by atoms with Gasteiger partial charge in [0.1, 0.15) is 5.82 Å². The summed E-state index contributed by atoms with van der Waals surface area (Å²) in [6.07, 6.45) is 4.12. The Kier molecular flexibility index (Phi) is 5.74. The molecule has 0 unspecified atom stereocenters. The second-order valence-electron chi connectivity index (χ2n) is 5.30. The standard InChI is InChI=1S/C16H23N3O2S/c1-3-4-12-22(20,21)17-11-10-15-13-19(14(2)18-15)16-8-6-5-7-9-16/h5-9,13,17H,3-4,10-12H2,1-2H3. The van der Waals surface area contributed by atoms with E-state index in [4.69, 9.17) is 0 Å². The van der Waals surface area contributed by atoms with Crippen LogP contribution in [-0.4, -0.2) is 30.3 Å². The lowest BCUT2D eigenvalue weighted by Crippen LogP contribution is -2.28. The van der Waals surface area contributed by atoms with Gasteiger partial charge in [-0.25, -0.2) is 18.1 Å². The summed E-state index contributed by atoms with van der Waals surface area (Å²) in [6.45, 7) is 4.31. The number of aryl methyl sites for hydroxylation is 1. The maximum Gasteiger partial charge on any atom is 0.211 e. The fourth-order valence-corrected chi connectivity index (χ4v) is 3.47. The molecule has 6 heteroatoms. The van der Waals surface area contributed by atoms with Crippen molar-refractivity contribution >= 4 is 10.0 Å². The molecule has 0 saturated heterocycles. The zero-order chi connectivity index (χ0) is 16.0. The molecule has 0 aliphatic heterocycles. The molecular formula is C16H23N3O2S. The first-order valence-electron chi connectivity index (χ1n) is 7.59. The van der Waals surface area contributed by atoms with Crippen LogP contribution in [0.3, 0.4) is 0 Å². The third kappa shape index (κ3) is 4.68. The summed E-state index contributed by atoms with van der Waals surface area (Å²) < 4.78 is 28.1. The van der Waals surface area contributed by atoms with Gasteiger partial charge in [-0.2, -0.15) is 0 Å². The maximum absolute atomic E-state index is 11.7. The zero-order valence-electron chi connectivity index (χ0n) is 13.1. The number of para-hydroxylation sites is 1. The number of aromatic nitrogens is 2. The van der Waals surface area contributed by atoms with Crippen LogP contribution in [0.25, 0.3) is 5.69 Å². The van der Waals surface area contributed by atoms with Crippen molar-refractivity contribution in [3.63, 3.8) is 0 Å². The highest BCUT2D eigenvalue weighted by atomic mass is 32.2. The van der Waals surface area contributed by atoms with Crippen molar-refractivity contribution < 1.29 is 8.42 Å². The third-order valence-corrected chi connectivity index (χ3v) is 4.91. The molecule has 0 bridgehead atoms. The second kappa shape index (κ2) is 7.56. The van der Waals surface area contributed by atoms with Gasteiger partial charge in [0, 0.05) is 24.8 Å². The fourth-order valence-electron chi connectivity index (χ4n) is 2.24. The van der Waals surface area contributed by atoms with Gasteiger partial charge in [0.05, 0.1) is 11.4 Å². The van der Waals surface area contributed by atoms with Crippen LogP contribution >= 0.6 is 0 Å². The van der Waals surface area contributed by atoms with Crippen molar-refractivity contribution in [3.05, 3.63) is 48.0 Å². The van der Waals surface area contributed by atoms with Gasteiger partial charge >= 0.3 is 0 Å². The molecule has 120 valence electrons. The molecular weight excluding hydrogens is 298 g/mol. The molecule has 1 N–H and O–H groups in total. The summed E-state index contributed by atoms with van der Waals surface area (Å²) in [7, 11) is -3.15. The van der Waals surface area contributed by atoms with Gasteiger partial charge in [0.25, 0.3) is 0 Å². The van der Waals surface area contributed by atoms with E-state index in [2.05, 4.69) is 9.71 Å². The number of nitrogens with one attached hydrogen (secondary N) is 1. The van der Waals surface area contributed by atoms with Gasteiger partial charge in [0.15, 0.2) is 0 Å². The Hall–Kier alpha value is -1.66. The number of nitrogens with zero attached hydrogens (tertiary/aromatic N) is 2. The van der Waals surface area contributed by atoms with E-state index in [1.54, 1.807) is 0 Å². The largest absolute Gasteiger partial charge is 0.304 e. The molecule has 0 amide bonds. The maximum atomic E-state index is 11.7. The number of unbranched alkanes of at least 4 members (excludes halogenated alkanes) is 1.